The number of hydrogen-bond donors (Lipinski definition) is 2. The average molecular weight is 378 g/mol. The summed E-state index contributed by atoms with van der Waals surface area (Å²) in [5, 5.41) is 3.53. The van der Waals surface area contributed by atoms with Crippen molar-refractivity contribution in [2.24, 2.45) is 0 Å². The molecule has 144 valence electrons. The molecular weight excluding hydrogens is 356 g/mol. The van der Waals surface area contributed by atoms with Gasteiger partial charge in [-0.25, -0.2) is 9.78 Å². The number of rotatable bonds is 4. The number of benzene rings is 1. The number of fused-ring (bicyclic) bond motifs is 1. The Morgan fingerprint density at radius 3 is 2.71 bits per heavy atom. The van der Waals surface area contributed by atoms with Gasteiger partial charge >= 0.3 is 6.03 Å². The molecule has 1 aromatic carbocycles. The van der Waals surface area contributed by atoms with Gasteiger partial charge < -0.3 is 15.2 Å². The van der Waals surface area contributed by atoms with Crippen molar-refractivity contribution in [2.45, 2.75) is 13.1 Å². The Morgan fingerprint density at radius 2 is 1.93 bits per heavy atom. The number of aromatic nitrogens is 3. The van der Waals surface area contributed by atoms with Gasteiger partial charge in [-0.05, 0) is 23.8 Å². The third kappa shape index (κ3) is 4.17. The van der Waals surface area contributed by atoms with E-state index in [9.17, 15) is 9.59 Å². The van der Waals surface area contributed by atoms with Crippen LogP contribution in [-0.2, 0) is 13.1 Å². The van der Waals surface area contributed by atoms with Crippen LogP contribution in [0.5, 0.6) is 0 Å². The van der Waals surface area contributed by atoms with Gasteiger partial charge in [0.15, 0.2) is 0 Å². The molecule has 1 aliphatic heterocycles. The van der Waals surface area contributed by atoms with E-state index in [1.807, 2.05) is 35.2 Å². The second-order valence-electron chi connectivity index (χ2n) is 6.81. The van der Waals surface area contributed by atoms with Gasteiger partial charge in [0.05, 0.1) is 17.4 Å². The van der Waals surface area contributed by atoms with Crippen LogP contribution in [0.25, 0.3) is 10.9 Å². The van der Waals surface area contributed by atoms with Gasteiger partial charge in [-0.3, -0.25) is 14.7 Å². The molecular formula is C20H22N6O2. The summed E-state index contributed by atoms with van der Waals surface area (Å²) in [6.07, 6.45) is 3.46. The van der Waals surface area contributed by atoms with Crippen LogP contribution in [0.15, 0.2) is 53.6 Å². The lowest BCUT2D eigenvalue weighted by atomic mass is 10.2. The predicted octanol–water partition coefficient (Wildman–Crippen LogP) is 1.35. The Morgan fingerprint density at radius 1 is 1.11 bits per heavy atom. The molecule has 3 heterocycles. The number of amides is 2. The first-order valence-corrected chi connectivity index (χ1v) is 9.31. The van der Waals surface area contributed by atoms with E-state index in [0.717, 1.165) is 18.7 Å². The van der Waals surface area contributed by atoms with E-state index in [4.69, 9.17) is 0 Å². The van der Waals surface area contributed by atoms with Crippen molar-refractivity contribution in [1.29, 1.82) is 0 Å². The monoisotopic (exact) mass is 378 g/mol. The number of aromatic amines is 1. The molecule has 0 bridgehead atoms. The van der Waals surface area contributed by atoms with Gasteiger partial charge in [0.25, 0.3) is 5.56 Å². The van der Waals surface area contributed by atoms with E-state index in [-0.39, 0.29) is 11.6 Å². The second-order valence-corrected chi connectivity index (χ2v) is 6.81. The molecule has 0 spiro atoms. The fourth-order valence-electron chi connectivity index (χ4n) is 3.32. The lowest BCUT2D eigenvalue weighted by molar-refractivity contribution is 0.133. The third-order valence-electron chi connectivity index (χ3n) is 4.86. The van der Waals surface area contributed by atoms with Crippen molar-refractivity contribution >= 4 is 16.9 Å². The van der Waals surface area contributed by atoms with Crippen LogP contribution in [0.3, 0.4) is 0 Å². The van der Waals surface area contributed by atoms with Gasteiger partial charge in [0.2, 0.25) is 0 Å². The molecule has 0 saturated carbocycles. The van der Waals surface area contributed by atoms with E-state index in [1.165, 1.54) is 0 Å². The highest BCUT2D eigenvalue weighted by atomic mass is 16.2. The number of piperazine rings is 1. The highest BCUT2D eigenvalue weighted by molar-refractivity contribution is 5.77. The van der Waals surface area contributed by atoms with Gasteiger partial charge in [0.1, 0.15) is 5.82 Å². The summed E-state index contributed by atoms with van der Waals surface area (Å²) < 4.78 is 0. The number of hydrogen-bond acceptors (Lipinski definition) is 5. The summed E-state index contributed by atoms with van der Waals surface area (Å²) in [4.78, 5) is 40.0. The molecule has 2 aromatic heterocycles. The zero-order chi connectivity index (χ0) is 19.3. The third-order valence-corrected chi connectivity index (χ3v) is 4.86. The second kappa shape index (κ2) is 8.18. The number of H-pyrrole nitrogens is 1. The maximum atomic E-state index is 12.3. The number of nitrogens with one attached hydrogen (secondary N) is 2. The summed E-state index contributed by atoms with van der Waals surface area (Å²) in [6.45, 7) is 3.77. The van der Waals surface area contributed by atoms with Crippen molar-refractivity contribution in [1.82, 2.24) is 30.1 Å². The van der Waals surface area contributed by atoms with Gasteiger partial charge in [0, 0.05) is 45.1 Å². The minimum Gasteiger partial charge on any atom is -0.334 e. The molecule has 0 unspecified atom stereocenters. The molecule has 8 heteroatoms. The normalized spacial score (nSPS) is 14.9. The van der Waals surface area contributed by atoms with E-state index in [1.54, 1.807) is 18.5 Å². The molecule has 0 atom stereocenters. The standard InChI is InChI=1S/C20H22N6O2/c27-19-16-5-1-2-6-17(16)23-18(24-19)14-25-8-10-26(11-9-25)20(28)22-13-15-4-3-7-21-12-15/h1-7,12H,8-11,13-14H2,(H,22,28)(H,23,24,27). The molecule has 3 aromatic rings. The molecule has 0 aliphatic carbocycles. The summed E-state index contributed by atoms with van der Waals surface area (Å²) >= 11 is 0. The molecule has 1 fully saturated rings. The van der Waals surface area contributed by atoms with E-state index in [0.29, 0.717) is 42.9 Å². The molecule has 1 aliphatic rings. The van der Waals surface area contributed by atoms with E-state index in [2.05, 4.69) is 25.2 Å². The van der Waals surface area contributed by atoms with Gasteiger partial charge in [-0.1, -0.05) is 18.2 Å². The number of urea groups is 1. The molecule has 4 rings (SSSR count). The number of carbonyl (C=O) groups is 1. The number of carbonyl (C=O) groups excluding carboxylic acids is 1. The summed E-state index contributed by atoms with van der Waals surface area (Å²) in [5.41, 5.74) is 1.56. The van der Waals surface area contributed by atoms with E-state index >= 15 is 0 Å². The van der Waals surface area contributed by atoms with Crippen LogP contribution in [0, 0.1) is 0 Å². The van der Waals surface area contributed by atoms with Crippen LogP contribution < -0.4 is 10.9 Å². The first-order valence-electron chi connectivity index (χ1n) is 9.31. The first kappa shape index (κ1) is 18.1. The Balaban J connectivity index is 1.30. The van der Waals surface area contributed by atoms with Crippen molar-refractivity contribution in [3.63, 3.8) is 0 Å². The number of para-hydroxylation sites is 1. The van der Waals surface area contributed by atoms with Crippen LogP contribution >= 0.6 is 0 Å². The Bertz CT molecular complexity index is 1010. The summed E-state index contributed by atoms with van der Waals surface area (Å²) in [7, 11) is 0. The fourth-order valence-corrected chi connectivity index (χ4v) is 3.32. The molecule has 28 heavy (non-hydrogen) atoms. The van der Waals surface area contributed by atoms with Crippen molar-refractivity contribution in [2.75, 3.05) is 26.2 Å². The Labute approximate surface area is 162 Å². The van der Waals surface area contributed by atoms with Crippen molar-refractivity contribution in [3.05, 3.63) is 70.5 Å². The van der Waals surface area contributed by atoms with Crippen LogP contribution in [-0.4, -0.2) is 57.0 Å². The maximum Gasteiger partial charge on any atom is 0.317 e. The quantitative estimate of drug-likeness (QED) is 0.715. The smallest absolute Gasteiger partial charge is 0.317 e. The Hall–Kier alpha value is -3.26. The molecule has 8 nitrogen and oxygen atoms in total. The average Bonchev–Trinajstić information content (AvgIpc) is 2.73. The fraction of sp³-hybridized carbons (Fsp3) is 0.300. The van der Waals surface area contributed by atoms with Crippen molar-refractivity contribution in [3.8, 4) is 0 Å². The number of nitrogens with zero attached hydrogens (tertiary/aromatic N) is 4. The highest BCUT2D eigenvalue weighted by Gasteiger charge is 2.21. The summed E-state index contributed by atoms with van der Waals surface area (Å²) in [5.74, 6) is 0.651. The first-order chi connectivity index (χ1) is 13.7. The number of pyridine rings is 1. The summed E-state index contributed by atoms with van der Waals surface area (Å²) in [6, 6.07) is 11.0. The largest absolute Gasteiger partial charge is 0.334 e. The van der Waals surface area contributed by atoms with Crippen molar-refractivity contribution < 1.29 is 4.79 Å². The maximum absolute atomic E-state index is 12.3. The highest BCUT2D eigenvalue weighted by Crippen LogP contribution is 2.09. The van der Waals surface area contributed by atoms with E-state index < -0.39 is 0 Å². The molecule has 0 radical (unpaired) electrons. The molecule has 2 amide bonds. The lowest BCUT2D eigenvalue weighted by Gasteiger charge is -2.34. The topological polar surface area (TPSA) is 94.2 Å². The van der Waals surface area contributed by atoms with Gasteiger partial charge in [-0.15, -0.1) is 0 Å². The Kier molecular flexibility index (Phi) is 5.29. The van der Waals surface area contributed by atoms with Crippen LogP contribution in [0.2, 0.25) is 0 Å². The molecule has 2 N–H and O–H groups in total. The molecule has 1 saturated heterocycles. The van der Waals surface area contributed by atoms with Crippen LogP contribution in [0.1, 0.15) is 11.4 Å². The lowest BCUT2D eigenvalue weighted by Crippen LogP contribution is -2.51. The zero-order valence-corrected chi connectivity index (χ0v) is 15.5. The SMILES string of the molecule is O=C(NCc1cccnc1)N1CCN(Cc2nc3ccccc3c(=O)[nH]2)CC1. The predicted molar refractivity (Wildman–Crippen MR) is 106 cm³/mol. The minimum absolute atomic E-state index is 0.0688. The zero-order valence-electron chi connectivity index (χ0n) is 15.5. The van der Waals surface area contributed by atoms with Gasteiger partial charge in [-0.2, -0.15) is 0 Å². The van der Waals surface area contributed by atoms with Crippen LogP contribution in [0.4, 0.5) is 4.79 Å². The minimum atomic E-state index is -0.117.